The fraction of sp³-hybridized carbons (Fsp3) is 0.500. The first-order chi connectivity index (χ1) is 15.2. The first-order valence-electron chi connectivity index (χ1n) is 11.3. The second-order valence-electron chi connectivity index (χ2n) is 8.69. The third-order valence-corrected chi connectivity index (χ3v) is 7.57. The maximum atomic E-state index is 13.0. The van der Waals surface area contributed by atoms with Gasteiger partial charge in [0.15, 0.2) is 0 Å². The Morgan fingerprint density at radius 2 is 1.81 bits per heavy atom. The predicted octanol–water partition coefficient (Wildman–Crippen LogP) is 2.88. The van der Waals surface area contributed by atoms with E-state index in [4.69, 9.17) is 4.74 Å². The average Bonchev–Trinajstić information content (AvgIpc) is 3.51. The Morgan fingerprint density at radius 3 is 2.55 bits per heavy atom. The second kappa shape index (κ2) is 9.01. The molecule has 0 aliphatic carbocycles. The third-order valence-electron chi connectivity index (χ3n) is 6.71. The lowest BCUT2D eigenvalue weighted by Gasteiger charge is -2.38. The number of benzene rings is 1. The monoisotopic (exact) mass is 439 g/mol. The molecule has 0 spiro atoms. The van der Waals surface area contributed by atoms with Crippen molar-refractivity contribution >= 4 is 23.2 Å². The van der Waals surface area contributed by atoms with E-state index in [0.717, 1.165) is 69.2 Å². The quantitative estimate of drug-likeness (QED) is 0.735. The van der Waals surface area contributed by atoms with E-state index in [1.807, 2.05) is 27.3 Å². The minimum atomic E-state index is 0.0515. The number of fused-ring (bicyclic) bond motifs is 1. The van der Waals surface area contributed by atoms with Crippen molar-refractivity contribution in [1.29, 1.82) is 0 Å². The van der Waals surface area contributed by atoms with Crippen LogP contribution in [0.25, 0.3) is 0 Å². The van der Waals surface area contributed by atoms with Crippen molar-refractivity contribution in [3.63, 3.8) is 0 Å². The molecule has 0 radical (unpaired) electrons. The predicted molar refractivity (Wildman–Crippen MR) is 120 cm³/mol. The standard InChI is InChI=1S/C24H29N3O3S/c28-23(19-5-8-26(9-6-19)24(29)22-2-1-15-31-22)27-12-10-25(11-13-27)17-18-3-4-21-20(16-18)7-14-30-21/h1-4,15-16,19H,5-14,17H2. The zero-order chi connectivity index (χ0) is 21.2. The Labute approximate surface area is 187 Å². The molecule has 2 saturated heterocycles. The number of nitrogens with zero attached hydrogens (tertiary/aromatic N) is 3. The van der Waals surface area contributed by atoms with Crippen LogP contribution in [-0.2, 0) is 17.8 Å². The Kier molecular flexibility index (Phi) is 5.96. The Morgan fingerprint density at radius 1 is 1.00 bits per heavy atom. The van der Waals surface area contributed by atoms with Gasteiger partial charge in [-0.2, -0.15) is 0 Å². The molecular weight excluding hydrogens is 410 g/mol. The normalized spacial score (nSPS) is 19.9. The molecule has 31 heavy (non-hydrogen) atoms. The molecule has 4 heterocycles. The van der Waals surface area contributed by atoms with Gasteiger partial charge >= 0.3 is 0 Å². The van der Waals surface area contributed by atoms with Gasteiger partial charge in [0.05, 0.1) is 11.5 Å². The number of piperazine rings is 1. The lowest BCUT2D eigenvalue weighted by Crippen LogP contribution is -2.51. The van der Waals surface area contributed by atoms with Crippen LogP contribution in [0.1, 0.15) is 33.6 Å². The summed E-state index contributed by atoms with van der Waals surface area (Å²) in [7, 11) is 0. The number of hydrogen-bond acceptors (Lipinski definition) is 5. The molecule has 6 nitrogen and oxygen atoms in total. The van der Waals surface area contributed by atoms with Crippen LogP contribution in [0.2, 0.25) is 0 Å². The summed E-state index contributed by atoms with van der Waals surface area (Å²) in [5.41, 5.74) is 2.64. The van der Waals surface area contributed by atoms with Gasteiger partial charge < -0.3 is 14.5 Å². The molecule has 7 heteroatoms. The van der Waals surface area contributed by atoms with Gasteiger partial charge in [0.1, 0.15) is 5.75 Å². The van der Waals surface area contributed by atoms with Crippen molar-refractivity contribution in [3.8, 4) is 5.75 Å². The van der Waals surface area contributed by atoms with Gasteiger partial charge in [0, 0.05) is 58.2 Å². The molecule has 1 aromatic heterocycles. The number of amides is 2. The lowest BCUT2D eigenvalue weighted by molar-refractivity contribution is -0.138. The first kappa shape index (κ1) is 20.5. The number of likely N-dealkylation sites (tertiary alicyclic amines) is 1. The Balaban J connectivity index is 1.08. The van der Waals surface area contributed by atoms with Crippen molar-refractivity contribution in [2.24, 2.45) is 5.92 Å². The molecule has 2 fully saturated rings. The summed E-state index contributed by atoms with van der Waals surface area (Å²) >= 11 is 1.48. The van der Waals surface area contributed by atoms with Gasteiger partial charge in [-0.1, -0.05) is 18.2 Å². The summed E-state index contributed by atoms with van der Waals surface area (Å²) in [6.45, 7) is 6.48. The van der Waals surface area contributed by atoms with Gasteiger partial charge in [0.25, 0.3) is 5.91 Å². The van der Waals surface area contributed by atoms with Gasteiger partial charge in [-0.05, 0) is 41.5 Å². The minimum Gasteiger partial charge on any atom is -0.493 e. The molecule has 1 aromatic carbocycles. The lowest BCUT2D eigenvalue weighted by atomic mass is 9.94. The third kappa shape index (κ3) is 4.48. The van der Waals surface area contributed by atoms with Crippen LogP contribution >= 0.6 is 11.3 Å². The number of thiophene rings is 1. The van der Waals surface area contributed by atoms with Crippen LogP contribution in [0, 0.1) is 5.92 Å². The molecule has 2 amide bonds. The van der Waals surface area contributed by atoms with Crippen LogP contribution < -0.4 is 4.74 Å². The van der Waals surface area contributed by atoms with E-state index < -0.39 is 0 Å². The summed E-state index contributed by atoms with van der Waals surface area (Å²) in [5.74, 6) is 1.46. The van der Waals surface area contributed by atoms with Crippen LogP contribution in [0.15, 0.2) is 35.7 Å². The number of rotatable bonds is 4. The molecule has 5 rings (SSSR count). The smallest absolute Gasteiger partial charge is 0.263 e. The summed E-state index contributed by atoms with van der Waals surface area (Å²) in [6.07, 6.45) is 2.55. The molecule has 3 aliphatic heterocycles. The number of carbonyl (C=O) groups is 2. The zero-order valence-corrected chi connectivity index (χ0v) is 18.6. The molecule has 2 aromatic rings. The summed E-state index contributed by atoms with van der Waals surface area (Å²) < 4.78 is 5.60. The average molecular weight is 440 g/mol. The fourth-order valence-electron chi connectivity index (χ4n) is 4.87. The van der Waals surface area contributed by atoms with Gasteiger partial charge in [-0.15, -0.1) is 11.3 Å². The van der Waals surface area contributed by atoms with Gasteiger partial charge in [-0.3, -0.25) is 14.5 Å². The highest BCUT2D eigenvalue weighted by atomic mass is 32.1. The molecule has 0 saturated carbocycles. The molecule has 0 N–H and O–H groups in total. The Bertz CT molecular complexity index is 930. The molecule has 0 atom stereocenters. The SMILES string of the molecule is O=C(c1cccs1)N1CCC(C(=O)N2CCN(Cc3ccc4c(c3)CCO4)CC2)CC1. The van der Waals surface area contributed by atoms with Crippen molar-refractivity contribution in [2.45, 2.75) is 25.8 Å². The van der Waals surface area contributed by atoms with Crippen LogP contribution in [0.4, 0.5) is 0 Å². The molecule has 3 aliphatic rings. The highest BCUT2D eigenvalue weighted by molar-refractivity contribution is 7.12. The fourth-order valence-corrected chi connectivity index (χ4v) is 5.56. The van der Waals surface area contributed by atoms with E-state index >= 15 is 0 Å². The highest BCUT2D eigenvalue weighted by Gasteiger charge is 2.32. The van der Waals surface area contributed by atoms with Crippen LogP contribution in [0.5, 0.6) is 5.75 Å². The summed E-state index contributed by atoms with van der Waals surface area (Å²) in [4.78, 5) is 32.7. The number of carbonyl (C=O) groups excluding carboxylic acids is 2. The number of ether oxygens (including phenoxy) is 1. The molecule has 164 valence electrons. The maximum absolute atomic E-state index is 13.0. The number of piperidine rings is 1. The van der Waals surface area contributed by atoms with Crippen LogP contribution in [0.3, 0.4) is 0 Å². The summed E-state index contributed by atoms with van der Waals surface area (Å²) in [6, 6.07) is 10.3. The van der Waals surface area contributed by atoms with E-state index in [1.54, 1.807) is 0 Å². The second-order valence-corrected chi connectivity index (χ2v) is 9.63. The van der Waals surface area contributed by atoms with Crippen molar-refractivity contribution < 1.29 is 14.3 Å². The van der Waals surface area contributed by atoms with Crippen molar-refractivity contribution in [3.05, 3.63) is 51.7 Å². The van der Waals surface area contributed by atoms with Gasteiger partial charge in [0.2, 0.25) is 5.91 Å². The molecular formula is C24H29N3O3S. The number of hydrogen-bond donors (Lipinski definition) is 0. The van der Waals surface area contributed by atoms with Crippen LogP contribution in [-0.4, -0.2) is 72.4 Å². The highest BCUT2D eigenvalue weighted by Crippen LogP contribution is 2.27. The van der Waals surface area contributed by atoms with Gasteiger partial charge in [-0.25, -0.2) is 0 Å². The zero-order valence-electron chi connectivity index (χ0n) is 17.8. The Hall–Kier alpha value is -2.38. The van der Waals surface area contributed by atoms with Crippen molar-refractivity contribution in [2.75, 3.05) is 45.9 Å². The van der Waals surface area contributed by atoms with E-state index in [0.29, 0.717) is 13.1 Å². The van der Waals surface area contributed by atoms with E-state index in [1.165, 1.54) is 22.5 Å². The van der Waals surface area contributed by atoms with Crippen molar-refractivity contribution in [1.82, 2.24) is 14.7 Å². The largest absolute Gasteiger partial charge is 0.493 e. The molecule has 0 unspecified atom stereocenters. The van der Waals surface area contributed by atoms with E-state index in [2.05, 4.69) is 23.1 Å². The van der Waals surface area contributed by atoms with E-state index in [-0.39, 0.29) is 17.7 Å². The maximum Gasteiger partial charge on any atom is 0.263 e. The first-order valence-corrected chi connectivity index (χ1v) is 12.1. The minimum absolute atomic E-state index is 0.0515. The molecule has 0 bridgehead atoms. The van der Waals surface area contributed by atoms with E-state index in [9.17, 15) is 9.59 Å². The topological polar surface area (TPSA) is 53.1 Å². The summed E-state index contributed by atoms with van der Waals surface area (Å²) in [5, 5.41) is 1.93.